The van der Waals surface area contributed by atoms with Crippen molar-refractivity contribution in [3.8, 4) is 0 Å². The Morgan fingerprint density at radius 2 is 1.96 bits per heavy atom. The first-order chi connectivity index (χ1) is 11.7. The number of amides is 1. The minimum atomic E-state index is -0.564. The van der Waals surface area contributed by atoms with E-state index in [1.54, 1.807) is 0 Å². The fraction of sp³-hybridized carbons (Fsp3) is 0.250. The molecule has 0 saturated heterocycles. The third kappa shape index (κ3) is 3.66. The van der Waals surface area contributed by atoms with Crippen LogP contribution in [0.25, 0.3) is 10.9 Å². The lowest BCUT2D eigenvalue weighted by Crippen LogP contribution is -2.37. The van der Waals surface area contributed by atoms with Crippen molar-refractivity contribution in [1.82, 2.24) is 4.57 Å². The van der Waals surface area contributed by atoms with Crippen LogP contribution in [-0.4, -0.2) is 16.5 Å². The maximum Gasteiger partial charge on any atom is 0.241 e. The van der Waals surface area contributed by atoms with Crippen LogP contribution in [0.5, 0.6) is 0 Å². The molecule has 1 atom stereocenters. The second kappa shape index (κ2) is 7.32. The molecule has 2 aromatic carbocycles. The van der Waals surface area contributed by atoms with E-state index >= 15 is 0 Å². The van der Waals surface area contributed by atoms with Crippen molar-refractivity contribution in [2.24, 2.45) is 5.73 Å². The molecule has 3 aromatic rings. The van der Waals surface area contributed by atoms with Gasteiger partial charge in [-0.25, -0.2) is 0 Å². The number of nitrogens with zero attached hydrogens (tertiary/aromatic N) is 1. The molecule has 0 aliphatic rings. The Bertz CT molecular complexity index is 823. The van der Waals surface area contributed by atoms with Gasteiger partial charge in [0.25, 0.3) is 0 Å². The number of carbonyl (C=O) groups is 1. The summed E-state index contributed by atoms with van der Waals surface area (Å²) in [5.41, 5.74) is 9.03. The lowest BCUT2D eigenvalue weighted by Gasteiger charge is -2.13. The third-order valence-electron chi connectivity index (χ3n) is 4.14. The average Bonchev–Trinajstić information content (AvgIpc) is 2.98. The van der Waals surface area contributed by atoms with E-state index in [0.717, 1.165) is 29.7 Å². The van der Waals surface area contributed by atoms with Gasteiger partial charge in [-0.3, -0.25) is 4.79 Å². The predicted octanol–water partition coefficient (Wildman–Crippen LogP) is 3.56. The molecular formula is C20H23N3O. The summed E-state index contributed by atoms with van der Waals surface area (Å²) < 4.78 is 2.20. The highest BCUT2D eigenvalue weighted by Crippen LogP contribution is 2.21. The van der Waals surface area contributed by atoms with Crippen molar-refractivity contribution in [1.29, 1.82) is 0 Å². The number of aromatic nitrogens is 1. The third-order valence-corrected chi connectivity index (χ3v) is 4.14. The van der Waals surface area contributed by atoms with Gasteiger partial charge in [-0.1, -0.05) is 43.3 Å². The summed E-state index contributed by atoms with van der Waals surface area (Å²) in [6.45, 7) is 3.12. The van der Waals surface area contributed by atoms with Crippen LogP contribution < -0.4 is 11.1 Å². The average molecular weight is 321 g/mol. The van der Waals surface area contributed by atoms with Gasteiger partial charge >= 0.3 is 0 Å². The molecule has 124 valence electrons. The van der Waals surface area contributed by atoms with E-state index in [2.05, 4.69) is 29.1 Å². The van der Waals surface area contributed by atoms with Crippen molar-refractivity contribution in [3.63, 3.8) is 0 Å². The van der Waals surface area contributed by atoms with E-state index in [1.807, 2.05) is 48.5 Å². The van der Waals surface area contributed by atoms with E-state index in [4.69, 9.17) is 5.73 Å². The number of fused-ring (bicyclic) bond motifs is 1. The van der Waals surface area contributed by atoms with Crippen molar-refractivity contribution in [3.05, 3.63) is 66.4 Å². The summed E-state index contributed by atoms with van der Waals surface area (Å²) in [5, 5.41) is 4.11. The minimum absolute atomic E-state index is 0.160. The van der Waals surface area contributed by atoms with Gasteiger partial charge < -0.3 is 15.6 Å². The molecule has 3 N–H and O–H groups in total. The fourth-order valence-electron chi connectivity index (χ4n) is 2.89. The van der Waals surface area contributed by atoms with E-state index in [9.17, 15) is 4.79 Å². The lowest BCUT2D eigenvalue weighted by molar-refractivity contribution is -0.117. The summed E-state index contributed by atoms with van der Waals surface area (Å²) >= 11 is 0. The topological polar surface area (TPSA) is 60.0 Å². The Hall–Kier alpha value is -2.59. The van der Waals surface area contributed by atoms with E-state index < -0.39 is 6.04 Å². The molecule has 0 aliphatic heterocycles. The molecule has 0 unspecified atom stereocenters. The fourth-order valence-corrected chi connectivity index (χ4v) is 2.89. The van der Waals surface area contributed by atoms with Crippen LogP contribution in [0.2, 0.25) is 0 Å². The van der Waals surface area contributed by atoms with E-state index in [0.29, 0.717) is 6.42 Å². The quantitative estimate of drug-likeness (QED) is 0.729. The van der Waals surface area contributed by atoms with Gasteiger partial charge in [0.2, 0.25) is 5.91 Å². The van der Waals surface area contributed by atoms with E-state index in [-0.39, 0.29) is 5.91 Å². The second-order valence-electron chi connectivity index (χ2n) is 6.07. The highest BCUT2D eigenvalue weighted by atomic mass is 16.2. The first-order valence-electron chi connectivity index (χ1n) is 8.36. The largest absolute Gasteiger partial charge is 0.347 e. The van der Waals surface area contributed by atoms with Crippen LogP contribution in [0.15, 0.2) is 60.8 Å². The Labute approximate surface area is 142 Å². The van der Waals surface area contributed by atoms with Gasteiger partial charge in [0.1, 0.15) is 0 Å². The zero-order valence-corrected chi connectivity index (χ0v) is 13.9. The Balaban J connectivity index is 1.71. The molecular weight excluding hydrogens is 298 g/mol. The summed E-state index contributed by atoms with van der Waals surface area (Å²) in [4.78, 5) is 12.4. The highest BCUT2D eigenvalue weighted by Gasteiger charge is 2.14. The lowest BCUT2D eigenvalue weighted by atomic mass is 10.1. The van der Waals surface area contributed by atoms with Gasteiger partial charge in [-0.2, -0.15) is 0 Å². The number of hydrogen-bond acceptors (Lipinski definition) is 2. The molecule has 4 nitrogen and oxygen atoms in total. The standard InChI is InChI=1S/C20H23N3O/c1-2-11-23-12-10-16-8-9-17(14-19(16)23)22-20(24)18(21)13-15-6-4-3-5-7-15/h3-10,12,14,18H,2,11,13,21H2,1H3,(H,22,24)/t18-/m0/s1. The monoisotopic (exact) mass is 321 g/mol. The first-order valence-corrected chi connectivity index (χ1v) is 8.36. The number of aryl methyl sites for hydroxylation is 1. The van der Waals surface area contributed by atoms with E-state index in [1.165, 1.54) is 5.39 Å². The van der Waals surface area contributed by atoms with Crippen LogP contribution in [0.4, 0.5) is 5.69 Å². The SMILES string of the molecule is CCCn1ccc2ccc(NC(=O)[C@@H](N)Cc3ccccc3)cc21. The molecule has 1 aromatic heterocycles. The number of nitrogens with one attached hydrogen (secondary N) is 1. The zero-order valence-electron chi connectivity index (χ0n) is 13.9. The molecule has 1 heterocycles. The Kier molecular flexibility index (Phi) is 4.96. The Morgan fingerprint density at radius 1 is 1.17 bits per heavy atom. The summed E-state index contributed by atoms with van der Waals surface area (Å²) in [5.74, 6) is -0.160. The highest BCUT2D eigenvalue weighted by molar-refractivity contribution is 5.96. The van der Waals surface area contributed by atoms with Crippen LogP contribution in [0.3, 0.4) is 0 Å². The van der Waals surface area contributed by atoms with Gasteiger partial charge in [-0.15, -0.1) is 0 Å². The number of carbonyl (C=O) groups excluding carboxylic acids is 1. The van der Waals surface area contributed by atoms with Crippen molar-refractivity contribution in [2.75, 3.05) is 5.32 Å². The molecule has 0 saturated carbocycles. The summed E-state index contributed by atoms with van der Waals surface area (Å²) in [6, 6.07) is 17.3. The Morgan fingerprint density at radius 3 is 2.71 bits per heavy atom. The maximum absolute atomic E-state index is 12.4. The molecule has 0 spiro atoms. The molecule has 3 rings (SSSR count). The number of anilines is 1. The number of hydrogen-bond donors (Lipinski definition) is 2. The minimum Gasteiger partial charge on any atom is -0.347 e. The number of nitrogens with two attached hydrogens (primary N) is 1. The van der Waals surface area contributed by atoms with Gasteiger partial charge in [0, 0.05) is 18.4 Å². The molecule has 4 heteroatoms. The summed E-state index contributed by atoms with van der Waals surface area (Å²) in [7, 11) is 0. The van der Waals surface area contributed by atoms with Crippen molar-refractivity contribution in [2.45, 2.75) is 32.4 Å². The van der Waals surface area contributed by atoms with Crippen LogP contribution in [0, 0.1) is 0 Å². The van der Waals surface area contributed by atoms with Crippen molar-refractivity contribution < 1.29 is 4.79 Å². The number of benzene rings is 2. The zero-order chi connectivity index (χ0) is 16.9. The predicted molar refractivity (Wildman–Crippen MR) is 99.0 cm³/mol. The molecule has 1 amide bonds. The smallest absolute Gasteiger partial charge is 0.241 e. The second-order valence-corrected chi connectivity index (χ2v) is 6.07. The molecule has 0 fully saturated rings. The molecule has 24 heavy (non-hydrogen) atoms. The van der Waals surface area contributed by atoms with Gasteiger partial charge in [0.15, 0.2) is 0 Å². The number of rotatable bonds is 6. The normalized spacial score (nSPS) is 12.2. The molecule has 0 aliphatic carbocycles. The van der Waals surface area contributed by atoms with Crippen LogP contribution >= 0.6 is 0 Å². The van der Waals surface area contributed by atoms with Crippen LogP contribution in [-0.2, 0) is 17.8 Å². The van der Waals surface area contributed by atoms with Crippen molar-refractivity contribution >= 4 is 22.5 Å². The summed E-state index contributed by atoms with van der Waals surface area (Å²) in [6.07, 6.45) is 3.68. The maximum atomic E-state index is 12.4. The van der Waals surface area contributed by atoms with Gasteiger partial charge in [-0.05, 0) is 42.0 Å². The first kappa shape index (κ1) is 16.3. The molecule has 0 radical (unpaired) electrons. The van der Waals surface area contributed by atoms with Gasteiger partial charge in [0.05, 0.1) is 11.6 Å². The molecule has 0 bridgehead atoms. The van der Waals surface area contributed by atoms with Crippen LogP contribution in [0.1, 0.15) is 18.9 Å².